The number of hydrogen-bond donors (Lipinski definition) is 1. The Labute approximate surface area is 128 Å². The van der Waals surface area contributed by atoms with Gasteiger partial charge in [-0.1, -0.05) is 12.1 Å². The Bertz CT molecular complexity index is 718. The summed E-state index contributed by atoms with van der Waals surface area (Å²) in [6, 6.07) is 14.1. The van der Waals surface area contributed by atoms with Crippen LogP contribution in [0.2, 0.25) is 0 Å². The summed E-state index contributed by atoms with van der Waals surface area (Å²) in [5, 5.41) is 23.0. The van der Waals surface area contributed by atoms with E-state index in [-0.39, 0.29) is 5.69 Å². The molecule has 0 aliphatic carbocycles. The van der Waals surface area contributed by atoms with E-state index >= 15 is 0 Å². The van der Waals surface area contributed by atoms with Crippen molar-refractivity contribution in [2.45, 2.75) is 6.54 Å². The number of nitro benzene ring substituents is 1. The van der Waals surface area contributed by atoms with Gasteiger partial charge in [0.25, 0.3) is 5.69 Å². The number of rotatable bonds is 5. The van der Waals surface area contributed by atoms with Gasteiger partial charge in [-0.2, -0.15) is 5.26 Å². The molecule has 0 atom stereocenters. The normalized spacial score (nSPS) is 9.86. The molecule has 0 amide bonds. The van der Waals surface area contributed by atoms with Crippen molar-refractivity contribution in [3.8, 4) is 6.07 Å². The monoisotopic (exact) mass is 296 g/mol. The summed E-state index contributed by atoms with van der Waals surface area (Å²) >= 11 is 0. The van der Waals surface area contributed by atoms with Gasteiger partial charge in [0, 0.05) is 32.4 Å². The zero-order valence-corrected chi connectivity index (χ0v) is 12.4. The van der Waals surface area contributed by atoms with Gasteiger partial charge >= 0.3 is 0 Å². The number of nitrogens with one attached hydrogen (secondary N) is 1. The summed E-state index contributed by atoms with van der Waals surface area (Å²) in [6.07, 6.45) is 0. The number of nitro groups is 1. The lowest BCUT2D eigenvalue weighted by Gasteiger charge is -2.13. The van der Waals surface area contributed by atoms with Crippen molar-refractivity contribution in [1.82, 2.24) is 0 Å². The second-order valence-electron chi connectivity index (χ2n) is 5.02. The van der Waals surface area contributed by atoms with Crippen LogP contribution in [0, 0.1) is 21.4 Å². The molecule has 0 unspecified atom stereocenters. The van der Waals surface area contributed by atoms with Crippen LogP contribution in [-0.4, -0.2) is 19.0 Å². The first-order chi connectivity index (χ1) is 10.5. The summed E-state index contributed by atoms with van der Waals surface area (Å²) < 4.78 is 0. The number of anilines is 2. The molecule has 0 bridgehead atoms. The standard InChI is InChI=1S/C16H16N4O2/c1-19(2)14-6-3-12(4-7-14)11-18-15-9-13(10-17)5-8-16(15)20(21)22/h3-9,18H,11H2,1-2H3. The molecule has 0 aliphatic heterocycles. The van der Waals surface area contributed by atoms with E-state index in [1.54, 1.807) is 0 Å². The minimum atomic E-state index is -0.460. The summed E-state index contributed by atoms with van der Waals surface area (Å²) in [7, 11) is 3.92. The van der Waals surface area contributed by atoms with Crippen LogP contribution in [0.5, 0.6) is 0 Å². The zero-order valence-electron chi connectivity index (χ0n) is 12.4. The van der Waals surface area contributed by atoms with E-state index in [4.69, 9.17) is 5.26 Å². The van der Waals surface area contributed by atoms with Crippen molar-refractivity contribution >= 4 is 17.1 Å². The summed E-state index contributed by atoms with van der Waals surface area (Å²) in [5.74, 6) is 0. The zero-order chi connectivity index (χ0) is 16.1. The van der Waals surface area contributed by atoms with E-state index in [0.717, 1.165) is 11.3 Å². The molecule has 6 nitrogen and oxygen atoms in total. The highest BCUT2D eigenvalue weighted by Gasteiger charge is 2.13. The van der Waals surface area contributed by atoms with Crippen molar-refractivity contribution < 1.29 is 4.92 Å². The fourth-order valence-corrected chi connectivity index (χ4v) is 2.02. The van der Waals surface area contributed by atoms with Gasteiger partial charge in [-0.25, -0.2) is 0 Å². The summed E-state index contributed by atoms with van der Waals surface area (Å²) in [5.41, 5.74) is 2.78. The molecule has 112 valence electrons. The van der Waals surface area contributed by atoms with Crippen molar-refractivity contribution in [3.05, 3.63) is 63.7 Å². The molecule has 6 heteroatoms. The maximum Gasteiger partial charge on any atom is 0.292 e. The summed E-state index contributed by atoms with van der Waals surface area (Å²) in [6.45, 7) is 0.448. The third-order valence-corrected chi connectivity index (χ3v) is 3.26. The molecular weight excluding hydrogens is 280 g/mol. The Hall–Kier alpha value is -3.07. The van der Waals surface area contributed by atoms with Gasteiger partial charge in [-0.3, -0.25) is 10.1 Å². The van der Waals surface area contributed by atoms with Gasteiger partial charge in [0.1, 0.15) is 5.69 Å². The Morgan fingerprint density at radius 1 is 1.23 bits per heavy atom. The molecule has 2 rings (SSSR count). The van der Waals surface area contributed by atoms with E-state index in [1.807, 2.05) is 49.3 Å². The second-order valence-corrected chi connectivity index (χ2v) is 5.02. The maximum absolute atomic E-state index is 11.0. The first-order valence-corrected chi connectivity index (χ1v) is 6.70. The van der Waals surface area contributed by atoms with E-state index in [0.29, 0.717) is 17.8 Å². The second kappa shape index (κ2) is 6.59. The molecule has 0 spiro atoms. The third kappa shape index (κ3) is 3.52. The fraction of sp³-hybridized carbons (Fsp3) is 0.188. The Morgan fingerprint density at radius 3 is 2.45 bits per heavy atom. The molecular formula is C16H16N4O2. The average Bonchev–Trinajstić information content (AvgIpc) is 2.52. The number of hydrogen-bond acceptors (Lipinski definition) is 5. The van der Waals surface area contributed by atoms with Crippen LogP contribution in [0.25, 0.3) is 0 Å². The highest BCUT2D eigenvalue weighted by Crippen LogP contribution is 2.26. The van der Waals surface area contributed by atoms with Crippen molar-refractivity contribution in [3.63, 3.8) is 0 Å². The highest BCUT2D eigenvalue weighted by molar-refractivity contribution is 5.64. The first kappa shape index (κ1) is 15.3. The van der Waals surface area contributed by atoms with Gasteiger partial charge < -0.3 is 10.2 Å². The number of nitriles is 1. The summed E-state index contributed by atoms with van der Waals surface area (Å²) in [4.78, 5) is 12.6. The fourth-order valence-electron chi connectivity index (χ4n) is 2.02. The van der Waals surface area contributed by atoms with Gasteiger partial charge in [-0.15, -0.1) is 0 Å². The van der Waals surface area contributed by atoms with Crippen LogP contribution in [0.4, 0.5) is 17.1 Å². The molecule has 2 aromatic carbocycles. The van der Waals surface area contributed by atoms with Gasteiger partial charge in [0.2, 0.25) is 0 Å². The van der Waals surface area contributed by atoms with Crippen LogP contribution in [-0.2, 0) is 6.54 Å². The minimum Gasteiger partial charge on any atom is -0.378 e. The molecule has 0 saturated heterocycles. The maximum atomic E-state index is 11.0. The topological polar surface area (TPSA) is 82.2 Å². The smallest absolute Gasteiger partial charge is 0.292 e. The van der Waals surface area contributed by atoms with Crippen LogP contribution in [0.15, 0.2) is 42.5 Å². The van der Waals surface area contributed by atoms with Gasteiger partial charge in [-0.05, 0) is 29.8 Å². The van der Waals surface area contributed by atoms with Crippen LogP contribution < -0.4 is 10.2 Å². The lowest BCUT2D eigenvalue weighted by atomic mass is 10.1. The lowest BCUT2D eigenvalue weighted by Crippen LogP contribution is -2.08. The SMILES string of the molecule is CN(C)c1ccc(CNc2cc(C#N)ccc2[N+](=O)[O-])cc1. The van der Waals surface area contributed by atoms with E-state index < -0.39 is 4.92 Å². The lowest BCUT2D eigenvalue weighted by molar-refractivity contribution is -0.384. The van der Waals surface area contributed by atoms with Gasteiger partial charge in [0.15, 0.2) is 0 Å². The number of nitrogens with zero attached hydrogens (tertiary/aromatic N) is 3. The van der Waals surface area contributed by atoms with Gasteiger partial charge in [0.05, 0.1) is 16.6 Å². The molecule has 0 radical (unpaired) electrons. The minimum absolute atomic E-state index is 0.0380. The molecule has 0 aromatic heterocycles. The molecule has 22 heavy (non-hydrogen) atoms. The average molecular weight is 296 g/mol. The molecule has 0 saturated carbocycles. The number of benzene rings is 2. The predicted molar refractivity (Wildman–Crippen MR) is 85.9 cm³/mol. The van der Waals surface area contributed by atoms with Crippen LogP contribution in [0.3, 0.4) is 0 Å². The quantitative estimate of drug-likeness (QED) is 0.677. The molecule has 0 aliphatic rings. The van der Waals surface area contributed by atoms with Crippen LogP contribution >= 0.6 is 0 Å². The van der Waals surface area contributed by atoms with Crippen LogP contribution in [0.1, 0.15) is 11.1 Å². The van der Waals surface area contributed by atoms with Crippen molar-refractivity contribution in [1.29, 1.82) is 5.26 Å². The molecule has 0 fully saturated rings. The van der Waals surface area contributed by atoms with E-state index in [1.165, 1.54) is 18.2 Å². The highest BCUT2D eigenvalue weighted by atomic mass is 16.6. The Kier molecular flexibility index (Phi) is 4.59. The van der Waals surface area contributed by atoms with Crippen molar-refractivity contribution in [2.24, 2.45) is 0 Å². The van der Waals surface area contributed by atoms with E-state index in [2.05, 4.69) is 5.32 Å². The Morgan fingerprint density at radius 2 is 1.91 bits per heavy atom. The first-order valence-electron chi connectivity index (χ1n) is 6.70. The van der Waals surface area contributed by atoms with Crippen molar-refractivity contribution in [2.75, 3.05) is 24.3 Å². The predicted octanol–water partition coefficient (Wildman–Crippen LogP) is 3.14. The molecule has 2 aromatic rings. The molecule has 0 heterocycles. The third-order valence-electron chi connectivity index (χ3n) is 3.26. The van der Waals surface area contributed by atoms with E-state index in [9.17, 15) is 10.1 Å². The molecule has 1 N–H and O–H groups in total. The largest absolute Gasteiger partial charge is 0.378 e. The Balaban J connectivity index is 2.17.